The molecule has 2 fully saturated rings. The van der Waals surface area contributed by atoms with E-state index in [0.29, 0.717) is 18.8 Å². The van der Waals surface area contributed by atoms with Gasteiger partial charge >= 0.3 is 0 Å². The van der Waals surface area contributed by atoms with Crippen LogP contribution in [0.2, 0.25) is 0 Å². The van der Waals surface area contributed by atoms with Gasteiger partial charge in [-0.15, -0.1) is 0 Å². The fourth-order valence-electron chi connectivity index (χ4n) is 2.30. The summed E-state index contributed by atoms with van der Waals surface area (Å²) in [6, 6.07) is -0.211. The summed E-state index contributed by atoms with van der Waals surface area (Å²) in [5, 5.41) is 2.59. The van der Waals surface area contributed by atoms with Crippen molar-refractivity contribution in [2.45, 2.75) is 32.4 Å². The maximum absolute atomic E-state index is 12.2. The van der Waals surface area contributed by atoms with Crippen LogP contribution in [0.4, 0.5) is 4.79 Å². The molecule has 6 heteroatoms. The van der Waals surface area contributed by atoms with Crippen LogP contribution in [0.1, 0.15) is 20.3 Å². The number of hydrogen-bond donors (Lipinski definition) is 2. The highest BCUT2D eigenvalue weighted by Crippen LogP contribution is 2.28. The number of rotatable bonds is 1. The van der Waals surface area contributed by atoms with Gasteiger partial charge in [0.05, 0.1) is 0 Å². The Morgan fingerprint density at radius 1 is 1.59 bits per heavy atom. The molecule has 2 aliphatic rings. The lowest BCUT2D eigenvalue weighted by atomic mass is 9.79. The summed E-state index contributed by atoms with van der Waals surface area (Å²) in [4.78, 5) is 25.1. The Bertz CT molecular complexity index is 346. The van der Waals surface area contributed by atoms with E-state index < -0.39 is 0 Å². The van der Waals surface area contributed by atoms with Crippen molar-refractivity contribution < 1.29 is 9.59 Å². The highest BCUT2D eigenvalue weighted by Gasteiger charge is 2.39. The minimum absolute atomic E-state index is 0.0309. The Kier molecular flexibility index (Phi) is 3.36. The van der Waals surface area contributed by atoms with Crippen molar-refractivity contribution in [1.82, 2.24) is 10.2 Å². The highest BCUT2D eigenvalue weighted by atomic mass is 32.2. The zero-order valence-electron chi connectivity index (χ0n) is 10.2. The average Bonchev–Trinajstić information content (AvgIpc) is 2.68. The minimum atomic E-state index is -0.349. The number of amides is 2. The number of carbonyl (C=O) groups is 2. The number of nitrogens with zero attached hydrogens (tertiary/aromatic N) is 1. The van der Waals surface area contributed by atoms with Crippen molar-refractivity contribution >= 4 is 22.9 Å². The quantitative estimate of drug-likeness (QED) is 0.713. The van der Waals surface area contributed by atoms with E-state index in [9.17, 15) is 9.59 Å². The molecule has 96 valence electrons. The van der Waals surface area contributed by atoms with Gasteiger partial charge in [-0.3, -0.25) is 9.59 Å². The summed E-state index contributed by atoms with van der Waals surface area (Å²) in [6.45, 7) is 5.53. The first kappa shape index (κ1) is 12.7. The molecule has 2 aliphatic heterocycles. The Morgan fingerprint density at radius 3 is 2.82 bits per heavy atom. The molecule has 2 heterocycles. The second-order valence-electron chi connectivity index (χ2n) is 5.44. The smallest absolute Gasteiger partial charge is 0.279 e. The fraction of sp³-hybridized carbons (Fsp3) is 0.818. The average molecular weight is 257 g/mol. The summed E-state index contributed by atoms with van der Waals surface area (Å²) < 4.78 is 0. The largest absolute Gasteiger partial charge is 0.340 e. The number of nitrogens with two attached hydrogens (primary N) is 1. The molecule has 1 unspecified atom stereocenters. The first-order valence-corrected chi connectivity index (χ1v) is 6.86. The van der Waals surface area contributed by atoms with Crippen LogP contribution in [0.3, 0.4) is 0 Å². The Balaban J connectivity index is 1.99. The van der Waals surface area contributed by atoms with E-state index >= 15 is 0 Å². The molecule has 0 aromatic carbocycles. The van der Waals surface area contributed by atoms with Crippen molar-refractivity contribution in [1.29, 1.82) is 0 Å². The molecule has 2 saturated heterocycles. The molecular weight excluding hydrogens is 238 g/mol. The van der Waals surface area contributed by atoms with Crippen LogP contribution in [0.5, 0.6) is 0 Å². The number of likely N-dealkylation sites (tertiary alicyclic amines) is 1. The van der Waals surface area contributed by atoms with E-state index in [1.165, 1.54) is 11.8 Å². The van der Waals surface area contributed by atoms with Gasteiger partial charge < -0.3 is 16.0 Å². The number of nitrogens with one attached hydrogen (secondary N) is 1. The molecule has 17 heavy (non-hydrogen) atoms. The lowest BCUT2D eigenvalue weighted by molar-refractivity contribution is -0.135. The van der Waals surface area contributed by atoms with Crippen molar-refractivity contribution in [2.75, 3.05) is 18.8 Å². The van der Waals surface area contributed by atoms with Crippen LogP contribution in [0.25, 0.3) is 0 Å². The van der Waals surface area contributed by atoms with E-state index in [1.807, 2.05) is 4.90 Å². The number of carbonyl (C=O) groups excluding carboxylic acids is 2. The van der Waals surface area contributed by atoms with E-state index in [-0.39, 0.29) is 28.6 Å². The number of hydrogen-bond acceptors (Lipinski definition) is 4. The van der Waals surface area contributed by atoms with E-state index in [2.05, 4.69) is 19.2 Å². The topological polar surface area (TPSA) is 75.4 Å². The Hall–Kier alpha value is -0.750. The Labute approximate surface area is 105 Å². The maximum atomic E-state index is 12.2. The first-order chi connectivity index (χ1) is 7.90. The monoisotopic (exact) mass is 257 g/mol. The number of piperidine rings is 1. The van der Waals surface area contributed by atoms with Gasteiger partial charge in [0, 0.05) is 24.9 Å². The summed E-state index contributed by atoms with van der Waals surface area (Å²) in [6.07, 6.45) is 0.826. The van der Waals surface area contributed by atoms with Gasteiger partial charge in [-0.05, 0) is 11.8 Å². The fourth-order valence-corrected chi connectivity index (χ4v) is 3.07. The second-order valence-corrected chi connectivity index (χ2v) is 6.43. The molecule has 2 atom stereocenters. The molecule has 0 aliphatic carbocycles. The molecule has 2 rings (SSSR count). The van der Waals surface area contributed by atoms with Crippen LogP contribution < -0.4 is 11.1 Å². The molecule has 0 saturated carbocycles. The van der Waals surface area contributed by atoms with E-state index in [0.717, 1.165) is 6.42 Å². The van der Waals surface area contributed by atoms with Crippen molar-refractivity contribution in [3.63, 3.8) is 0 Å². The molecule has 0 radical (unpaired) electrons. The van der Waals surface area contributed by atoms with Crippen molar-refractivity contribution in [3.8, 4) is 0 Å². The number of thioether (sulfide) groups is 1. The molecule has 0 aromatic heterocycles. The standard InChI is InChI=1S/C11H19N3O2S/c1-11(2)6-14(4-3-8(11)12)9(15)7-5-17-10(16)13-7/h7-8H,3-6,12H2,1-2H3,(H,13,16)/t7-,8?/m0/s1. The van der Waals surface area contributed by atoms with Gasteiger partial charge in [0.1, 0.15) is 6.04 Å². The normalized spacial score (nSPS) is 32.4. The van der Waals surface area contributed by atoms with Gasteiger partial charge in [0.25, 0.3) is 5.24 Å². The predicted octanol–water partition coefficient (Wildman–Crippen LogP) is 0.397. The third-order valence-corrected chi connectivity index (χ3v) is 4.48. The molecule has 2 amide bonds. The molecule has 0 spiro atoms. The predicted molar refractivity (Wildman–Crippen MR) is 67.7 cm³/mol. The SMILES string of the molecule is CC1(C)CN(C(=O)[C@@H]2CSC(=O)N2)CCC1N. The summed E-state index contributed by atoms with van der Waals surface area (Å²) in [5.74, 6) is 0.573. The van der Waals surface area contributed by atoms with Crippen LogP contribution >= 0.6 is 11.8 Å². The van der Waals surface area contributed by atoms with Gasteiger partial charge in [-0.1, -0.05) is 25.6 Å². The van der Waals surface area contributed by atoms with Crippen LogP contribution in [-0.2, 0) is 4.79 Å². The lowest BCUT2D eigenvalue weighted by Crippen LogP contribution is -2.57. The first-order valence-electron chi connectivity index (χ1n) is 5.88. The summed E-state index contributed by atoms with van der Waals surface area (Å²) >= 11 is 1.18. The van der Waals surface area contributed by atoms with Crippen LogP contribution in [0.15, 0.2) is 0 Å². The maximum Gasteiger partial charge on any atom is 0.279 e. The second kappa shape index (κ2) is 4.49. The van der Waals surface area contributed by atoms with Gasteiger partial charge in [-0.25, -0.2) is 0 Å². The summed E-state index contributed by atoms with van der Waals surface area (Å²) in [5.41, 5.74) is 5.99. The zero-order chi connectivity index (χ0) is 12.6. The minimum Gasteiger partial charge on any atom is -0.340 e. The van der Waals surface area contributed by atoms with Crippen LogP contribution in [0, 0.1) is 5.41 Å². The molecule has 5 nitrogen and oxygen atoms in total. The molecule has 3 N–H and O–H groups in total. The van der Waals surface area contributed by atoms with Crippen LogP contribution in [-0.4, -0.2) is 47.0 Å². The highest BCUT2D eigenvalue weighted by molar-refractivity contribution is 8.14. The van der Waals surface area contributed by atoms with Crippen molar-refractivity contribution in [2.24, 2.45) is 11.1 Å². The third-order valence-electron chi connectivity index (χ3n) is 3.60. The van der Waals surface area contributed by atoms with Gasteiger partial charge in [-0.2, -0.15) is 0 Å². The molecule has 0 bridgehead atoms. The molecule has 0 aromatic rings. The van der Waals surface area contributed by atoms with Gasteiger partial charge in [0.15, 0.2) is 0 Å². The lowest BCUT2D eigenvalue weighted by Gasteiger charge is -2.43. The third kappa shape index (κ3) is 2.57. The van der Waals surface area contributed by atoms with Gasteiger partial charge in [0.2, 0.25) is 5.91 Å². The molecular formula is C11H19N3O2S. The van der Waals surface area contributed by atoms with Crippen molar-refractivity contribution in [3.05, 3.63) is 0 Å². The van der Waals surface area contributed by atoms with E-state index in [1.54, 1.807) is 0 Å². The zero-order valence-corrected chi connectivity index (χ0v) is 11.0. The Morgan fingerprint density at radius 2 is 2.29 bits per heavy atom. The summed E-state index contributed by atoms with van der Waals surface area (Å²) in [7, 11) is 0. The van der Waals surface area contributed by atoms with E-state index in [4.69, 9.17) is 5.73 Å².